The second-order valence-electron chi connectivity index (χ2n) is 8.56. The Morgan fingerprint density at radius 1 is 1.03 bits per heavy atom. The molecule has 2 N–H and O–H groups in total. The molecule has 2 aromatic heterocycles. The number of hydrogen-bond donors (Lipinski definition) is 1. The van der Waals surface area contributed by atoms with Crippen LogP contribution >= 0.6 is 0 Å². The van der Waals surface area contributed by atoms with Crippen LogP contribution in [0.4, 0.5) is 11.5 Å². The van der Waals surface area contributed by atoms with Gasteiger partial charge in [0.05, 0.1) is 12.0 Å². The zero-order valence-electron chi connectivity index (χ0n) is 19.0. The normalized spacial score (nSPS) is 19.1. The van der Waals surface area contributed by atoms with Crippen LogP contribution in [0.5, 0.6) is 0 Å². The highest BCUT2D eigenvalue weighted by Gasteiger charge is 2.53. The van der Waals surface area contributed by atoms with Gasteiger partial charge in [-0.05, 0) is 23.6 Å². The smallest absolute Gasteiger partial charge is 0.357 e. The summed E-state index contributed by atoms with van der Waals surface area (Å²) in [5, 5.41) is 1.94. The molecular weight excluding hydrogens is 446 g/mol. The molecule has 0 bridgehead atoms. The zero-order valence-corrected chi connectivity index (χ0v) is 19.0. The fraction of sp³-hybridized carbons (Fsp3) is 0.192. The minimum absolute atomic E-state index is 0.105. The number of fused-ring (bicyclic) bond motifs is 1. The maximum absolute atomic E-state index is 12.7. The summed E-state index contributed by atoms with van der Waals surface area (Å²) in [5.41, 5.74) is 5.02. The minimum Gasteiger partial charge on any atom is -0.444 e. The van der Waals surface area contributed by atoms with Gasteiger partial charge < -0.3 is 15.0 Å². The monoisotopic (exact) mass is 469 g/mol. The van der Waals surface area contributed by atoms with Crippen molar-refractivity contribution in [2.45, 2.75) is 31.4 Å². The topological polar surface area (TPSA) is 120 Å². The molecule has 0 saturated heterocycles. The van der Waals surface area contributed by atoms with E-state index in [4.69, 9.17) is 10.5 Å². The molecule has 2 heterocycles. The van der Waals surface area contributed by atoms with E-state index in [-0.39, 0.29) is 30.5 Å². The molecule has 0 atom stereocenters. The van der Waals surface area contributed by atoms with Gasteiger partial charge in [-0.15, -0.1) is 0 Å². The predicted octanol–water partition coefficient (Wildman–Crippen LogP) is 3.53. The first-order chi connectivity index (χ1) is 16.9. The summed E-state index contributed by atoms with van der Waals surface area (Å²) in [6.45, 7) is 1.49. The summed E-state index contributed by atoms with van der Waals surface area (Å²) < 4.78 is 7.32. The Morgan fingerprint density at radius 3 is 2.49 bits per heavy atom. The Balaban J connectivity index is 1.38. The molecule has 1 aliphatic rings. The molecule has 2 aromatic carbocycles. The van der Waals surface area contributed by atoms with Crippen LogP contribution in [0, 0.1) is 0 Å². The van der Waals surface area contributed by atoms with E-state index in [9.17, 15) is 14.4 Å². The Bertz CT molecular complexity index is 1420. The van der Waals surface area contributed by atoms with Crippen LogP contribution < -0.4 is 10.6 Å². The number of anilines is 2. The van der Waals surface area contributed by atoms with Crippen molar-refractivity contribution in [2.24, 2.45) is 5.73 Å². The lowest BCUT2D eigenvalue weighted by atomic mass is 9.74. The third-order valence-corrected chi connectivity index (χ3v) is 6.30. The molecule has 0 spiro atoms. The van der Waals surface area contributed by atoms with Crippen LogP contribution in [-0.4, -0.2) is 37.9 Å². The van der Waals surface area contributed by atoms with Gasteiger partial charge in [-0.3, -0.25) is 14.5 Å². The first-order valence-corrected chi connectivity index (χ1v) is 11.1. The van der Waals surface area contributed by atoms with Gasteiger partial charge in [0.15, 0.2) is 11.4 Å². The summed E-state index contributed by atoms with van der Waals surface area (Å²) in [7, 11) is 0. The molecule has 5 rings (SSSR count). The second-order valence-corrected chi connectivity index (χ2v) is 8.56. The Morgan fingerprint density at radius 2 is 1.77 bits per heavy atom. The lowest BCUT2D eigenvalue weighted by Crippen LogP contribution is -2.57. The first kappa shape index (κ1) is 22.3. The molecule has 176 valence electrons. The van der Waals surface area contributed by atoms with Crippen molar-refractivity contribution in [1.29, 1.82) is 0 Å². The van der Waals surface area contributed by atoms with Crippen molar-refractivity contribution < 1.29 is 19.1 Å². The van der Waals surface area contributed by atoms with Crippen molar-refractivity contribution in [3.63, 3.8) is 0 Å². The number of imidazole rings is 1. The minimum atomic E-state index is -1.42. The van der Waals surface area contributed by atoms with Gasteiger partial charge in [-0.1, -0.05) is 42.5 Å². The zero-order chi connectivity index (χ0) is 24.6. The van der Waals surface area contributed by atoms with Crippen LogP contribution in [0.2, 0.25) is 0 Å². The van der Waals surface area contributed by atoms with Gasteiger partial charge in [0.2, 0.25) is 5.91 Å². The maximum Gasteiger partial charge on any atom is 0.357 e. The van der Waals surface area contributed by atoms with Crippen molar-refractivity contribution >= 4 is 40.1 Å². The number of pyridine rings is 1. The summed E-state index contributed by atoms with van der Waals surface area (Å²) in [6.07, 6.45) is 5.23. The van der Waals surface area contributed by atoms with E-state index >= 15 is 0 Å². The largest absolute Gasteiger partial charge is 0.444 e. The van der Waals surface area contributed by atoms with Crippen LogP contribution in [0.15, 0.2) is 79.4 Å². The van der Waals surface area contributed by atoms with E-state index in [0.717, 1.165) is 16.5 Å². The van der Waals surface area contributed by atoms with Crippen LogP contribution in [0.3, 0.4) is 0 Å². The van der Waals surface area contributed by atoms with E-state index in [1.807, 2.05) is 47.0 Å². The maximum atomic E-state index is 12.7. The number of rotatable bonds is 6. The highest BCUT2D eigenvalue weighted by molar-refractivity contribution is 6.06. The fourth-order valence-electron chi connectivity index (χ4n) is 4.46. The lowest BCUT2D eigenvalue weighted by Gasteiger charge is -2.44. The Kier molecular flexibility index (Phi) is 5.52. The highest BCUT2D eigenvalue weighted by atomic mass is 16.6. The number of carbonyl (C=O) groups is 3. The Labute approximate surface area is 201 Å². The SMILES string of the molecule is CC(=O)N(c1cn(C2CC(OC(=O)c3ccccn3)(C(N)=O)C2)cn1)c1cccc2ccccc12. The van der Waals surface area contributed by atoms with Gasteiger partial charge in [0.25, 0.3) is 5.91 Å². The number of primary amides is 1. The van der Waals surface area contributed by atoms with Crippen molar-refractivity contribution in [2.75, 3.05) is 4.90 Å². The van der Waals surface area contributed by atoms with Crippen molar-refractivity contribution in [3.05, 3.63) is 85.1 Å². The number of amides is 2. The van der Waals surface area contributed by atoms with E-state index < -0.39 is 17.5 Å². The molecule has 1 fully saturated rings. The Hall–Kier alpha value is -4.53. The molecular formula is C26H23N5O4. The second kappa shape index (κ2) is 8.68. The molecule has 0 unspecified atom stereocenters. The molecule has 35 heavy (non-hydrogen) atoms. The predicted molar refractivity (Wildman–Crippen MR) is 129 cm³/mol. The molecule has 0 aliphatic heterocycles. The molecule has 9 nitrogen and oxygen atoms in total. The van der Waals surface area contributed by atoms with Crippen LogP contribution in [0.1, 0.15) is 36.3 Å². The average Bonchev–Trinajstić information content (AvgIpc) is 3.30. The van der Waals surface area contributed by atoms with Gasteiger partial charge in [-0.25, -0.2) is 14.8 Å². The highest BCUT2D eigenvalue weighted by Crippen LogP contribution is 2.45. The number of esters is 1. The number of hydrogen-bond acceptors (Lipinski definition) is 6. The fourth-order valence-corrected chi connectivity index (χ4v) is 4.46. The number of benzene rings is 2. The summed E-state index contributed by atoms with van der Waals surface area (Å²) >= 11 is 0. The van der Waals surface area contributed by atoms with E-state index in [2.05, 4.69) is 9.97 Å². The molecule has 9 heteroatoms. The third-order valence-electron chi connectivity index (χ3n) is 6.30. The first-order valence-electron chi connectivity index (χ1n) is 11.1. The molecule has 0 radical (unpaired) electrons. The number of ether oxygens (including phenoxy) is 1. The van der Waals surface area contributed by atoms with Crippen molar-refractivity contribution in [3.8, 4) is 0 Å². The lowest BCUT2D eigenvalue weighted by molar-refractivity contribution is -0.152. The summed E-state index contributed by atoms with van der Waals surface area (Å²) in [4.78, 5) is 47.3. The van der Waals surface area contributed by atoms with E-state index in [1.54, 1.807) is 29.6 Å². The van der Waals surface area contributed by atoms with E-state index in [0.29, 0.717) is 5.82 Å². The number of aromatic nitrogens is 3. The number of nitrogens with two attached hydrogens (primary N) is 1. The van der Waals surface area contributed by atoms with Gasteiger partial charge in [-0.2, -0.15) is 0 Å². The van der Waals surface area contributed by atoms with Gasteiger partial charge >= 0.3 is 5.97 Å². The standard InChI is InChI=1S/C26H23N5O4/c1-17(32)31(22-11-6-8-18-7-2-3-9-20(18)22)23-15-30(16-29-23)19-13-26(14-19,25(27)34)35-24(33)21-10-4-5-12-28-21/h2-12,15-16,19H,13-14H2,1H3,(H2,27,34). The molecule has 2 amide bonds. The van der Waals surface area contributed by atoms with Crippen LogP contribution in [0.25, 0.3) is 10.8 Å². The van der Waals surface area contributed by atoms with Gasteiger partial charge in [0.1, 0.15) is 5.69 Å². The summed E-state index contributed by atoms with van der Waals surface area (Å²) in [5.74, 6) is -1.14. The molecule has 1 saturated carbocycles. The van der Waals surface area contributed by atoms with Crippen molar-refractivity contribution in [1.82, 2.24) is 14.5 Å². The van der Waals surface area contributed by atoms with Gasteiger partial charge in [0, 0.05) is 43.6 Å². The van der Waals surface area contributed by atoms with Crippen LogP contribution in [-0.2, 0) is 14.3 Å². The third kappa shape index (κ3) is 4.01. The molecule has 4 aromatic rings. The number of carbonyl (C=O) groups excluding carboxylic acids is 3. The molecule has 1 aliphatic carbocycles. The quantitative estimate of drug-likeness (QED) is 0.431. The average molecular weight is 470 g/mol. The number of nitrogens with zero attached hydrogens (tertiary/aromatic N) is 4. The van der Waals surface area contributed by atoms with E-state index in [1.165, 1.54) is 19.2 Å². The summed E-state index contributed by atoms with van der Waals surface area (Å²) in [6, 6.07) is 18.2.